The van der Waals surface area contributed by atoms with Crippen LogP contribution >= 0.6 is 0 Å². The maximum Gasteiger partial charge on any atom is 0.226 e. The third-order valence-electron chi connectivity index (χ3n) is 5.15. The Morgan fingerprint density at radius 3 is 3.00 bits per heavy atom. The van der Waals surface area contributed by atoms with E-state index in [1.54, 1.807) is 6.33 Å². The van der Waals surface area contributed by atoms with Crippen molar-refractivity contribution in [3.8, 4) is 0 Å². The third kappa shape index (κ3) is 3.10. The molecule has 130 valence electrons. The molecule has 7 heteroatoms. The molecule has 1 amide bonds. The van der Waals surface area contributed by atoms with Gasteiger partial charge < -0.3 is 20.3 Å². The molecule has 1 atom stereocenters. The van der Waals surface area contributed by atoms with Crippen molar-refractivity contribution < 1.29 is 9.53 Å². The first-order valence-corrected chi connectivity index (χ1v) is 8.94. The molecule has 1 saturated carbocycles. The molecular formula is C17H25N5O2. The number of aromatic nitrogens is 2. The molecule has 24 heavy (non-hydrogen) atoms. The highest BCUT2D eigenvalue weighted by atomic mass is 16.5. The van der Waals surface area contributed by atoms with Gasteiger partial charge in [0.05, 0.1) is 24.9 Å². The van der Waals surface area contributed by atoms with Gasteiger partial charge in [-0.3, -0.25) is 4.79 Å². The van der Waals surface area contributed by atoms with Crippen molar-refractivity contribution >= 4 is 11.7 Å². The topological polar surface area (TPSA) is 84.6 Å². The number of amides is 1. The van der Waals surface area contributed by atoms with E-state index in [4.69, 9.17) is 10.5 Å². The summed E-state index contributed by atoms with van der Waals surface area (Å²) in [5.41, 5.74) is 7.87. The summed E-state index contributed by atoms with van der Waals surface area (Å²) in [6.07, 6.45) is 5.61. The molecule has 1 aromatic rings. The van der Waals surface area contributed by atoms with Gasteiger partial charge >= 0.3 is 0 Å². The molecule has 1 saturated heterocycles. The number of fused-ring (bicyclic) bond motifs is 1. The Morgan fingerprint density at radius 2 is 2.21 bits per heavy atom. The van der Waals surface area contributed by atoms with Crippen LogP contribution < -0.4 is 10.6 Å². The highest BCUT2D eigenvalue weighted by Gasteiger charge is 2.36. The fourth-order valence-corrected chi connectivity index (χ4v) is 3.66. The maximum atomic E-state index is 12.3. The Bertz CT molecular complexity index is 617. The van der Waals surface area contributed by atoms with Gasteiger partial charge in [-0.05, 0) is 32.2 Å². The Morgan fingerprint density at radius 1 is 1.33 bits per heavy atom. The summed E-state index contributed by atoms with van der Waals surface area (Å²) in [5, 5.41) is 0. The lowest BCUT2D eigenvalue weighted by atomic mass is 10.0. The van der Waals surface area contributed by atoms with Crippen molar-refractivity contribution in [1.29, 1.82) is 0 Å². The van der Waals surface area contributed by atoms with Gasteiger partial charge in [-0.1, -0.05) is 0 Å². The fourth-order valence-electron chi connectivity index (χ4n) is 3.66. The zero-order chi connectivity index (χ0) is 16.5. The van der Waals surface area contributed by atoms with Gasteiger partial charge in [0.25, 0.3) is 0 Å². The van der Waals surface area contributed by atoms with Crippen molar-refractivity contribution in [1.82, 2.24) is 14.9 Å². The molecule has 1 aromatic heterocycles. The number of carbonyl (C=O) groups excluding carboxylic acids is 1. The average molecular weight is 331 g/mol. The molecule has 0 aromatic carbocycles. The van der Waals surface area contributed by atoms with E-state index < -0.39 is 0 Å². The zero-order valence-electron chi connectivity index (χ0n) is 14.0. The lowest BCUT2D eigenvalue weighted by Gasteiger charge is -2.36. The molecule has 4 rings (SSSR count). The second-order valence-electron chi connectivity index (χ2n) is 6.92. The number of hydrogen-bond acceptors (Lipinski definition) is 6. The van der Waals surface area contributed by atoms with Crippen molar-refractivity contribution in [2.45, 2.75) is 38.3 Å². The summed E-state index contributed by atoms with van der Waals surface area (Å²) >= 11 is 0. The molecule has 0 bridgehead atoms. The number of nitrogens with two attached hydrogens (primary N) is 1. The first-order chi connectivity index (χ1) is 11.8. The minimum atomic E-state index is 0.172. The summed E-state index contributed by atoms with van der Waals surface area (Å²) in [4.78, 5) is 25.6. The first-order valence-electron chi connectivity index (χ1n) is 8.94. The van der Waals surface area contributed by atoms with Crippen LogP contribution in [0.2, 0.25) is 0 Å². The van der Waals surface area contributed by atoms with Crippen molar-refractivity contribution in [2.24, 2.45) is 11.7 Å². The SMILES string of the molecule is NCCC1CN(c2ncnc3c2CCN(C(=O)C2CC2)C3)CCO1. The first kappa shape index (κ1) is 15.8. The van der Waals surface area contributed by atoms with E-state index in [0.717, 1.165) is 56.8 Å². The molecule has 2 N–H and O–H groups in total. The van der Waals surface area contributed by atoms with Crippen molar-refractivity contribution in [3.05, 3.63) is 17.6 Å². The number of nitrogens with zero attached hydrogens (tertiary/aromatic N) is 4. The molecule has 1 unspecified atom stereocenters. The maximum absolute atomic E-state index is 12.3. The van der Waals surface area contributed by atoms with Crippen LogP contribution in [-0.2, 0) is 22.5 Å². The highest BCUT2D eigenvalue weighted by molar-refractivity contribution is 5.81. The van der Waals surface area contributed by atoms with E-state index in [1.165, 1.54) is 5.56 Å². The molecule has 0 radical (unpaired) electrons. The van der Waals surface area contributed by atoms with Gasteiger partial charge in [0.2, 0.25) is 5.91 Å². The van der Waals surface area contributed by atoms with E-state index in [9.17, 15) is 4.79 Å². The van der Waals surface area contributed by atoms with Crippen LogP contribution in [0.1, 0.15) is 30.5 Å². The van der Waals surface area contributed by atoms with Crippen LogP contribution in [0.15, 0.2) is 6.33 Å². The smallest absolute Gasteiger partial charge is 0.226 e. The predicted octanol–water partition coefficient (Wildman–Crippen LogP) is 0.325. The number of rotatable bonds is 4. The lowest BCUT2D eigenvalue weighted by Crippen LogP contribution is -2.45. The molecule has 2 fully saturated rings. The van der Waals surface area contributed by atoms with E-state index in [1.807, 2.05) is 4.90 Å². The predicted molar refractivity (Wildman–Crippen MR) is 89.5 cm³/mol. The van der Waals surface area contributed by atoms with Crippen LogP contribution in [0.3, 0.4) is 0 Å². The minimum absolute atomic E-state index is 0.172. The summed E-state index contributed by atoms with van der Waals surface area (Å²) in [7, 11) is 0. The second kappa shape index (κ2) is 6.64. The summed E-state index contributed by atoms with van der Waals surface area (Å²) in [5.74, 6) is 1.59. The average Bonchev–Trinajstić information content (AvgIpc) is 3.46. The molecule has 1 aliphatic carbocycles. The number of hydrogen-bond donors (Lipinski definition) is 1. The number of ether oxygens (including phenoxy) is 1. The molecule has 2 aliphatic heterocycles. The van der Waals surface area contributed by atoms with E-state index >= 15 is 0 Å². The normalized spacial score (nSPS) is 24.0. The highest BCUT2D eigenvalue weighted by Crippen LogP contribution is 2.33. The number of anilines is 1. The van der Waals surface area contributed by atoms with E-state index in [0.29, 0.717) is 25.6 Å². The van der Waals surface area contributed by atoms with Gasteiger partial charge in [-0.15, -0.1) is 0 Å². The van der Waals surface area contributed by atoms with Crippen molar-refractivity contribution in [2.75, 3.05) is 37.7 Å². The van der Waals surface area contributed by atoms with Crippen LogP contribution in [0.4, 0.5) is 5.82 Å². The van der Waals surface area contributed by atoms with E-state index in [2.05, 4.69) is 14.9 Å². The number of carbonyl (C=O) groups is 1. The monoisotopic (exact) mass is 331 g/mol. The van der Waals surface area contributed by atoms with Gasteiger partial charge in [0, 0.05) is 31.1 Å². The Hall–Kier alpha value is -1.73. The Kier molecular flexibility index (Phi) is 4.37. The van der Waals surface area contributed by atoms with Crippen LogP contribution in [0, 0.1) is 5.92 Å². The van der Waals surface area contributed by atoms with Gasteiger partial charge in [0.1, 0.15) is 12.1 Å². The van der Waals surface area contributed by atoms with Crippen LogP contribution in [0.5, 0.6) is 0 Å². The summed E-state index contributed by atoms with van der Waals surface area (Å²) in [6, 6.07) is 0. The quantitative estimate of drug-likeness (QED) is 0.856. The lowest BCUT2D eigenvalue weighted by molar-refractivity contribution is -0.133. The second-order valence-corrected chi connectivity index (χ2v) is 6.92. The van der Waals surface area contributed by atoms with Gasteiger partial charge in [0.15, 0.2) is 0 Å². The standard InChI is InChI=1S/C17H25N5O2/c18-5-3-13-9-21(7-8-24-13)16-14-4-6-22(17(23)12-1-2-12)10-15(14)19-11-20-16/h11-13H,1-10,18H2. The zero-order valence-corrected chi connectivity index (χ0v) is 14.0. The van der Waals surface area contributed by atoms with Crippen molar-refractivity contribution in [3.63, 3.8) is 0 Å². The molecule has 3 aliphatic rings. The molecular weight excluding hydrogens is 306 g/mol. The van der Waals surface area contributed by atoms with Gasteiger partial charge in [-0.25, -0.2) is 9.97 Å². The van der Waals surface area contributed by atoms with Crippen LogP contribution in [-0.4, -0.2) is 59.7 Å². The Balaban J connectivity index is 1.51. The molecule has 7 nitrogen and oxygen atoms in total. The summed E-state index contributed by atoms with van der Waals surface area (Å²) in [6.45, 7) is 4.41. The molecule has 3 heterocycles. The molecule has 0 spiro atoms. The van der Waals surface area contributed by atoms with Crippen LogP contribution in [0.25, 0.3) is 0 Å². The largest absolute Gasteiger partial charge is 0.374 e. The number of morpholine rings is 1. The summed E-state index contributed by atoms with van der Waals surface area (Å²) < 4.78 is 5.78. The van der Waals surface area contributed by atoms with E-state index in [-0.39, 0.29) is 12.0 Å². The fraction of sp³-hybridized carbons (Fsp3) is 0.706. The third-order valence-corrected chi connectivity index (χ3v) is 5.15. The van der Waals surface area contributed by atoms with Gasteiger partial charge in [-0.2, -0.15) is 0 Å². The minimum Gasteiger partial charge on any atom is -0.374 e. The Labute approximate surface area is 142 Å².